The van der Waals surface area contributed by atoms with Gasteiger partial charge >= 0.3 is 0 Å². The van der Waals surface area contributed by atoms with Gasteiger partial charge in [0.15, 0.2) is 11.3 Å². The zero-order chi connectivity index (χ0) is 22.4. The summed E-state index contributed by atoms with van der Waals surface area (Å²) in [4.78, 5) is 28.0. The molecule has 2 aromatic carbocycles. The summed E-state index contributed by atoms with van der Waals surface area (Å²) in [5.74, 6) is 1.25. The lowest BCUT2D eigenvalue weighted by molar-refractivity contribution is 0.402. The molecule has 0 saturated carbocycles. The molecule has 0 amide bonds. The Balaban J connectivity index is 2.00. The SMILES string of the molecule is CC[C@@H](C)n1cnc2c(c1=O)c1nc3ccccc3nc1n2-c1cc(OC)ccc1OC. The first-order valence-electron chi connectivity index (χ1n) is 10.5. The second kappa shape index (κ2) is 7.64. The number of benzene rings is 2. The van der Waals surface area contributed by atoms with Gasteiger partial charge in [0.25, 0.3) is 5.56 Å². The van der Waals surface area contributed by atoms with Gasteiger partial charge in [-0.2, -0.15) is 0 Å². The lowest BCUT2D eigenvalue weighted by Crippen LogP contribution is -2.23. The van der Waals surface area contributed by atoms with E-state index in [4.69, 9.17) is 24.4 Å². The Morgan fingerprint density at radius 3 is 2.44 bits per heavy atom. The topological polar surface area (TPSA) is 84.1 Å². The maximum Gasteiger partial charge on any atom is 0.265 e. The molecule has 0 radical (unpaired) electrons. The van der Waals surface area contributed by atoms with Crippen molar-refractivity contribution < 1.29 is 9.47 Å². The minimum Gasteiger partial charge on any atom is -0.497 e. The summed E-state index contributed by atoms with van der Waals surface area (Å²) in [6, 6.07) is 13.1. The van der Waals surface area contributed by atoms with E-state index in [2.05, 4.69) is 0 Å². The van der Waals surface area contributed by atoms with E-state index >= 15 is 0 Å². The molecule has 3 aromatic heterocycles. The molecule has 32 heavy (non-hydrogen) atoms. The molecule has 0 aliphatic rings. The molecule has 0 unspecified atom stereocenters. The van der Waals surface area contributed by atoms with Crippen LogP contribution in [-0.2, 0) is 0 Å². The molecule has 8 heteroatoms. The monoisotopic (exact) mass is 429 g/mol. The van der Waals surface area contributed by atoms with E-state index in [0.717, 1.165) is 17.5 Å². The molecule has 0 N–H and O–H groups in total. The Labute approximate surface area is 184 Å². The molecule has 162 valence electrons. The molecule has 8 nitrogen and oxygen atoms in total. The highest BCUT2D eigenvalue weighted by molar-refractivity contribution is 6.06. The van der Waals surface area contributed by atoms with Gasteiger partial charge in [-0.1, -0.05) is 19.1 Å². The molecule has 3 heterocycles. The van der Waals surface area contributed by atoms with Crippen molar-refractivity contribution in [2.75, 3.05) is 14.2 Å². The van der Waals surface area contributed by atoms with E-state index in [1.165, 1.54) is 0 Å². The minimum atomic E-state index is -0.139. The molecule has 1 atom stereocenters. The summed E-state index contributed by atoms with van der Waals surface area (Å²) in [6.45, 7) is 4.04. The summed E-state index contributed by atoms with van der Waals surface area (Å²) >= 11 is 0. The largest absolute Gasteiger partial charge is 0.497 e. The smallest absolute Gasteiger partial charge is 0.265 e. The van der Waals surface area contributed by atoms with Crippen molar-refractivity contribution in [3.63, 3.8) is 0 Å². The predicted octanol–water partition coefficient (Wildman–Crippen LogP) is 4.27. The van der Waals surface area contributed by atoms with Crippen molar-refractivity contribution in [3.8, 4) is 17.2 Å². The van der Waals surface area contributed by atoms with Crippen LogP contribution in [0.5, 0.6) is 11.5 Å². The van der Waals surface area contributed by atoms with Crippen LogP contribution in [0.4, 0.5) is 0 Å². The van der Waals surface area contributed by atoms with E-state index in [1.54, 1.807) is 25.1 Å². The highest BCUT2D eigenvalue weighted by Gasteiger charge is 2.23. The third kappa shape index (κ3) is 2.90. The molecule has 0 saturated heterocycles. The van der Waals surface area contributed by atoms with Crippen LogP contribution in [0.25, 0.3) is 38.9 Å². The number of fused-ring (bicyclic) bond motifs is 4. The van der Waals surface area contributed by atoms with Gasteiger partial charge < -0.3 is 9.47 Å². The van der Waals surface area contributed by atoms with Crippen molar-refractivity contribution in [2.24, 2.45) is 0 Å². The second-order valence-electron chi connectivity index (χ2n) is 7.67. The van der Waals surface area contributed by atoms with Gasteiger partial charge in [0.05, 0.1) is 30.9 Å². The van der Waals surface area contributed by atoms with Gasteiger partial charge in [0.1, 0.15) is 28.7 Å². The number of rotatable bonds is 5. The lowest BCUT2D eigenvalue weighted by atomic mass is 10.2. The predicted molar refractivity (Wildman–Crippen MR) is 124 cm³/mol. The Morgan fingerprint density at radius 1 is 1.00 bits per heavy atom. The van der Waals surface area contributed by atoms with Gasteiger partial charge in [-0.25, -0.2) is 15.0 Å². The third-order valence-corrected chi connectivity index (χ3v) is 5.88. The summed E-state index contributed by atoms with van der Waals surface area (Å²) in [7, 11) is 3.21. The number of hydrogen-bond acceptors (Lipinski definition) is 6. The van der Waals surface area contributed by atoms with Crippen LogP contribution in [0.3, 0.4) is 0 Å². The third-order valence-electron chi connectivity index (χ3n) is 5.88. The molecule has 0 spiro atoms. The molecule has 0 aliphatic heterocycles. The fraction of sp³-hybridized carbons (Fsp3) is 0.250. The van der Waals surface area contributed by atoms with Crippen LogP contribution >= 0.6 is 0 Å². The molecular formula is C24H23N5O3. The fourth-order valence-corrected chi connectivity index (χ4v) is 3.96. The van der Waals surface area contributed by atoms with Crippen molar-refractivity contribution in [2.45, 2.75) is 26.3 Å². The van der Waals surface area contributed by atoms with E-state index in [1.807, 2.05) is 60.9 Å². The number of para-hydroxylation sites is 2. The highest BCUT2D eigenvalue weighted by Crippen LogP contribution is 2.34. The zero-order valence-electron chi connectivity index (χ0n) is 18.4. The summed E-state index contributed by atoms with van der Waals surface area (Å²) in [5.41, 5.74) is 3.51. The van der Waals surface area contributed by atoms with Crippen molar-refractivity contribution in [3.05, 3.63) is 59.1 Å². The van der Waals surface area contributed by atoms with Gasteiger partial charge in [-0.05, 0) is 37.6 Å². The van der Waals surface area contributed by atoms with E-state index in [0.29, 0.717) is 39.4 Å². The first-order valence-corrected chi connectivity index (χ1v) is 10.5. The van der Waals surface area contributed by atoms with Crippen molar-refractivity contribution in [1.82, 2.24) is 24.1 Å². The van der Waals surface area contributed by atoms with Crippen molar-refractivity contribution >= 4 is 33.2 Å². The Hall–Kier alpha value is -3.94. The first kappa shape index (κ1) is 20.0. The van der Waals surface area contributed by atoms with Gasteiger partial charge in [0, 0.05) is 12.1 Å². The summed E-state index contributed by atoms with van der Waals surface area (Å²) in [5, 5.41) is 0.436. The van der Waals surface area contributed by atoms with Crippen molar-refractivity contribution in [1.29, 1.82) is 0 Å². The van der Waals surface area contributed by atoms with Gasteiger partial charge in [-0.3, -0.25) is 13.9 Å². The summed E-state index contributed by atoms with van der Waals surface area (Å²) in [6.07, 6.45) is 2.41. The van der Waals surface area contributed by atoms with E-state index in [9.17, 15) is 4.79 Å². The van der Waals surface area contributed by atoms with Crippen LogP contribution in [0.15, 0.2) is 53.6 Å². The van der Waals surface area contributed by atoms with Crippen LogP contribution in [0.2, 0.25) is 0 Å². The zero-order valence-corrected chi connectivity index (χ0v) is 18.4. The van der Waals surface area contributed by atoms with Gasteiger partial charge in [-0.15, -0.1) is 0 Å². The van der Waals surface area contributed by atoms with Crippen LogP contribution in [0.1, 0.15) is 26.3 Å². The number of methoxy groups -OCH3 is 2. The number of aromatic nitrogens is 5. The molecule has 0 bridgehead atoms. The molecule has 0 fully saturated rings. The highest BCUT2D eigenvalue weighted by atomic mass is 16.5. The van der Waals surface area contributed by atoms with E-state index < -0.39 is 0 Å². The van der Waals surface area contributed by atoms with Crippen LogP contribution < -0.4 is 15.0 Å². The average Bonchev–Trinajstić information content (AvgIpc) is 3.15. The first-order chi connectivity index (χ1) is 15.6. The number of ether oxygens (including phenoxy) is 2. The van der Waals surface area contributed by atoms with Crippen LogP contribution in [-0.4, -0.2) is 38.3 Å². The van der Waals surface area contributed by atoms with E-state index in [-0.39, 0.29) is 11.6 Å². The quantitative estimate of drug-likeness (QED) is 0.415. The Morgan fingerprint density at radius 2 is 1.75 bits per heavy atom. The maximum atomic E-state index is 13.6. The molecular weight excluding hydrogens is 406 g/mol. The Kier molecular flexibility index (Phi) is 4.77. The molecule has 5 rings (SSSR count). The molecule has 0 aliphatic carbocycles. The maximum absolute atomic E-state index is 13.6. The average molecular weight is 429 g/mol. The standard InChI is InChI=1S/C24H23N5O3/c1-5-14(2)28-13-25-22-20(24(28)30)21-23(27-17-9-7-6-8-16(17)26-21)29(22)18-12-15(31-3)10-11-19(18)32-4/h6-14H,5H2,1-4H3/t14-/m1/s1. The number of nitrogens with zero attached hydrogens (tertiary/aromatic N) is 5. The molecule has 5 aromatic rings. The second-order valence-corrected chi connectivity index (χ2v) is 7.67. The Bertz CT molecular complexity index is 1540. The fourth-order valence-electron chi connectivity index (χ4n) is 3.96. The lowest BCUT2D eigenvalue weighted by Gasteiger charge is -2.14. The normalized spacial score (nSPS) is 12.5. The minimum absolute atomic E-state index is 0.0116. The van der Waals surface area contributed by atoms with Crippen LogP contribution in [0, 0.1) is 0 Å². The summed E-state index contributed by atoms with van der Waals surface area (Å²) < 4.78 is 14.6. The van der Waals surface area contributed by atoms with Gasteiger partial charge in [0.2, 0.25) is 0 Å². The number of hydrogen-bond donors (Lipinski definition) is 0.